The quantitative estimate of drug-likeness (QED) is 0.176. The minimum Gasteiger partial charge on any atom is -0.411 e. The maximum atomic E-state index is 9.74. The van der Waals surface area contributed by atoms with Gasteiger partial charge in [-0.3, -0.25) is 4.98 Å². The van der Waals surface area contributed by atoms with Crippen LogP contribution < -0.4 is 0 Å². The molecule has 0 aliphatic carbocycles. The topological polar surface area (TPSA) is 45.5 Å². The summed E-state index contributed by atoms with van der Waals surface area (Å²) in [5, 5.41) is 13.4. The van der Waals surface area contributed by atoms with Crippen molar-refractivity contribution >= 4 is 17.5 Å². The number of nitrogens with zero attached hydrogens (tertiary/aromatic N) is 2. The summed E-state index contributed by atoms with van der Waals surface area (Å²) in [5.41, 5.74) is 5.02. The first-order valence-electron chi connectivity index (χ1n) is 9.76. The van der Waals surface area contributed by atoms with E-state index < -0.39 is 4.75 Å². The molecule has 0 aliphatic rings. The van der Waals surface area contributed by atoms with Gasteiger partial charge in [-0.1, -0.05) is 96.2 Å². The smallest absolute Gasteiger partial charge is 0.0968 e. The van der Waals surface area contributed by atoms with E-state index in [1.165, 1.54) is 16.7 Å². The van der Waals surface area contributed by atoms with Crippen molar-refractivity contribution in [3.05, 3.63) is 138 Å². The number of pyridine rings is 1. The van der Waals surface area contributed by atoms with E-state index in [-0.39, 0.29) is 0 Å². The number of benzene rings is 3. The van der Waals surface area contributed by atoms with Crippen LogP contribution in [0, 0.1) is 0 Å². The fourth-order valence-corrected chi connectivity index (χ4v) is 5.15. The molecule has 0 aliphatic heterocycles. The van der Waals surface area contributed by atoms with Gasteiger partial charge in [-0.15, -0.1) is 11.8 Å². The average molecular weight is 411 g/mol. The molecule has 1 heterocycles. The van der Waals surface area contributed by atoms with E-state index in [1.807, 2.05) is 30.3 Å². The van der Waals surface area contributed by atoms with Crippen molar-refractivity contribution in [3.63, 3.8) is 0 Å². The molecule has 0 unspecified atom stereocenters. The lowest BCUT2D eigenvalue weighted by Crippen LogP contribution is -2.27. The minimum atomic E-state index is -0.452. The van der Waals surface area contributed by atoms with E-state index >= 15 is 0 Å². The summed E-state index contributed by atoms with van der Waals surface area (Å²) in [6.07, 6.45) is 3.42. The Labute approximate surface area is 181 Å². The normalized spacial score (nSPS) is 11.9. The molecular formula is C26H22N2OS. The molecule has 0 saturated heterocycles. The van der Waals surface area contributed by atoms with Gasteiger partial charge >= 0.3 is 0 Å². The maximum absolute atomic E-state index is 9.74. The van der Waals surface area contributed by atoms with Gasteiger partial charge in [-0.05, 0) is 28.8 Å². The first-order valence-corrected chi connectivity index (χ1v) is 10.7. The van der Waals surface area contributed by atoms with Gasteiger partial charge in [-0.2, -0.15) is 0 Å². The van der Waals surface area contributed by atoms with Gasteiger partial charge in [0.2, 0.25) is 0 Å². The highest BCUT2D eigenvalue weighted by Gasteiger charge is 2.37. The van der Waals surface area contributed by atoms with Crippen LogP contribution >= 0.6 is 11.8 Å². The van der Waals surface area contributed by atoms with E-state index in [1.54, 1.807) is 24.2 Å². The molecule has 0 fully saturated rings. The second-order valence-electron chi connectivity index (χ2n) is 6.85. The Kier molecular flexibility index (Phi) is 6.26. The fourth-order valence-electron chi connectivity index (χ4n) is 3.66. The van der Waals surface area contributed by atoms with E-state index in [0.29, 0.717) is 11.5 Å². The number of aromatic nitrogens is 1. The Balaban J connectivity index is 1.85. The van der Waals surface area contributed by atoms with Crippen LogP contribution in [0.5, 0.6) is 0 Å². The molecule has 0 radical (unpaired) electrons. The molecule has 0 bridgehead atoms. The summed E-state index contributed by atoms with van der Waals surface area (Å²) in [6.45, 7) is 0. The average Bonchev–Trinajstić information content (AvgIpc) is 2.84. The summed E-state index contributed by atoms with van der Waals surface area (Å²) in [7, 11) is 0. The SMILES string of the molecule is O/N=C(/CSC(c1ccccc1)(c1ccccc1)c1ccccc1)c1ccncc1. The zero-order valence-electron chi connectivity index (χ0n) is 16.4. The van der Waals surface area contributed by atoms with Crippen molar-refractivity contribution in [3.8, 4) is 0 Å². The minimum absolute atomic E-state index is 0.452. The summed E-state index contributed by atoms with van der Waals surface area (Å²) in [5.74, 6) is 0.527. The van der Waals surface area contributed by atoms with Crippen molar-refractivity contribution in [2.75, 3.05) is 5.75 Å². The first kappa shape index (κ1) is 19.9. The predicted molar refractivity (Wildman–Crippen MR) is 124 cm³/mol. The summed E-state index contributed by atoms with van der Waals surface area (Å²) < 4.78 is -0.452. The molecule has 30 heavy (non-hydrogen) atoms. The molecule has 4 heteroatoms. The molecule has 148 valence electrons. The molecule has 3 aromatic carbocycles. The molecule has 0 saturated carbocycles. The van der Waals surface area contributed by atoms with E-state index in [4.69, 9.17) is 0 Å². The van der Waals surface area contributed by atoms with E-state index in [2.05, 4.69) is 82.9 Å². The number of hydrogen-bond donors (Lipinski definition) is 1. The standard InChI is InChI=1S/C26H22N2OS/c29-28-25(21-16-18-27-19-17-21)20-30-26(22-10-4-1-5-11-22,23-12-6-2-7-13-23)24-14-8-3-9-15-24/h1-19,29H,20H2/b28-25-. The van der Waals surface area contributed by atoms with Gasteiger partial charge in [-0.25, -0.2) is 0 Å². The Bertz CT molecular complexity index is 988. The molecule has 0 amide bonds. The molecule has 1 aromatic heterocycles. The summed E-state index contributed by atoms with van der Waals surface area (Å²) in [4.78, 5) is 4.07. The lowest BCUT2D eigenvalue weighted by Gasteiger charge is -2.35. The van der Waals surface area contributed by atoms with Crippen LogP contribution in [-0.2, 0) is 4.75 Å². The Morgan fingerprint density at radius 2 is 1.13 bits per heavy atom. The maximum Gasteiger partial charge on any atom is 0.0968 e. The zero-order valence-corrected chi connectivity index (χ0v) is 17.2. The second-order valence-corrected chi connectivity index (χ2v) is 8.04. The van der Waals surface area contributed by atoms with Gasteiger partial charge < -0.3 is 5.21 Å². The number of oxime groups is 1. The Morgan fingerprint density at radius 3 is 1.53 bits per heavy atom. The van der Waals surface area contributed by atoms with Crippen LogP contribution in [0.2, 0.25) is 0 Å². The lowest BCUT2D eigenvalue weighted by molar-refractivity contribution is 0.319. The van der Waals surface area contributed by atoms with E-state index in [9.17, 15) is 5.21 Å². The summed E-state index contributed by atoms with van der Waals surface area (Å²) in [6, 6.07) is 35.2. The number of rotatable bonds is 7. The third-order valence-electron chi connectivity index (χ3n) is 5.10. The molecule has 0 spiro atoms. The van der Waals surface area contributed by atoms with Gasteiger partial charge in [0, 0.05) is 23.7 Å². The van der Waals surface area contributed by atoms with E-state index in [0.717, 1.165) is 5.56 Å². The van der Waals surface area contributed by atoms with Crippen LogP contribution in [-0.4, -0.2) is 21.7 Å². The lowest BCUT2D eigenvalue weighted by atomic mass is 9.84. The van der Waals surface area contributed by atoms with Crippen molar-refractivity contribution in [2.24, 2.45) is 5.16 Å². The molecule has 4 rings (SSSR count). The van der Waals surface area contributed by atoms with Crippen molar-refractivity contribution < 1.29 is 5.21 Å². The molecule has 0 atom stereocenters. The van der Waals surface area contributed by atoms with Gasteiger partial charge in [0.25, 0.3) is 0 Å². The highest BCUT2D eigenvalue weighted by molar-refractivity contribution is 8.01. The van der Waals surface area contributed by atoms with Crippen LogP contribution in [0.3, 0.4) is 0 Å². The first-order chi connectivity index (χ1) is 14.8. The van der Waals surface area contributed by atoms with Crippen molar-refractivity contribution in [1.29, 1.82) is 0 Å². The predicted octanol–water partition coefficient (Wildman–Crippen LogP) is 5.99. The molecule has 3 nitrogen and oxygen atoms in total. The zero-order chi connectivity index (χ0) is 20.7. The monoisotopic (exact) mass is 410 g/mol. The van der Waals surface area contributed by atoms with Crippen molar-refractivity contribution in [2.45, 2.75) is 4.75 Å². The van der Waals surface area contributed by atoms with Gasteiger partial charge in [0.05, 0.1) is 10.5 Å². The Hall–Kier alpha value is -3.37. The summed E-state index contributed by atoms with van der Waals surface area (Å²) >= 11 is 1.74. The number of hydrogen-bond acceptors (Lipinski definition) is 4. The molecular weight excluding hydrogens is 388 g/mol. The molecule has 4 aromatic rings. The third-order valence-corrected chi connectivity index (χ3v) is 6.66. The third kappa shape index (κ3) is 4.00. The fraction of sp³-hybridized carbons (Fsp3) is 0.0769. The van der Waals surface area contributed by atoms with Crippen molar-refractivity contribution in [1.82, 2.24) is 4.98 Å². The van der Waals surface area contributed by atoms with Crippen LogP contribution in [0.4, 0.5) is 0 Å². The van der Waals surface area contributed by atoms with Crippen LogP contribution in [0.25, 0.3) is 0 Å². The highest BCUT2D eigenvalue weighted by atomic mass is 32.2. The van der Waals surface area contributed by atoms with Gasteiger partial charge in [0.1, 0.15) is 0 Å². The highest BCUT2D eigenvalue weighted by Crippen LogP contribution is 2.48. The van der Waals surface area contributed by atoms with Crippen LogP contribution in [0.15, 0.2) is 121 Å². The largest absolute Gasteiger partial charge is 0.411 e. The Morgan fingerprint density at radius 1 is 0.700 bits per heavy atom. The van der Waals surface area contributed by atoms with Crippen LogP contribution in [0.1, 0.15) is 22.3 Å². The van der Waals surface area contributed by atoms with Gasteiger partial charge in [0.15, 0.2) is 0 Å². The molecule has 1 N–H and O–H groups in total. The second kappa shape index (κ2) is 9.42. The number of thioether (sulfide) groups is 1.